The van der Waals surface area contributed by atoms with Crippen LogP contribution in [-0.4, -0.2) is 88.8 Å². The minimum atomic E-state index is 0.0258. The second-order valence-electron chi connectivity index (χ2n) is 12.8. The Morgan fingerprint density at radius 3 is 2.59 bits per heavy atom. The number of aryl methyl sites for hydroxylation is 1. The zero-order valence-corrected chi connectivity index (χ0v) is 26.6. The minimum absolute atomic E-state index is 0.0258. The molecule has 0 radical (unpaired) electrons. The monoisotopic (exact) mass is 613 g/mol. The third kappa shape index (κ3) is 4.90. The van der Waals surface area contributed by atoms with Crippen molar-refractivity contribution in [3.63, 3.8) is 0 Å². The van der Waals surface area contributed by atoms with Crippen molar-refractivity contribution in [2.24, 2.45) is 5.41 Å². The average molecular weight is 614 g/mol. The summed E-state index contributed by atoms with van der Waals surface area (Å²) in [6, 6.07) is 6.18. The van der Waals surface area contributed by atoms with Crippen LogP contribution in [0.1, 0.15) is 49.9 Å². The van der Waals surface area contributed by atoms with E-state index in [0.717, 1.165) is 115 Å². The highest BCUT2D eigenvalue weighted by atomic mass is 35.5. The molecule has 0 atom stereocenters. The molecule has 1 spiro atoms. The quantitative estimate of drug-likeness (QED) is 0.268. The SMILES string of the molecule is C=CC(=O)N1CC2(CCN(c3nc(C4CCN(C)CC4)nc4c(OCC)c(-c5c(C)ccc6[nH]ncc56)c(Cl)cc34)CC2)C1. The number of rotatable bonds is 6. The summed E-state index contributed by atoms with van der Waals surface area (Å²) in [5.41, 5.74) is 4.90. The third-order valence-electron chi connectivity index (χ3n) is 10.0. The molecular formula is C34H40ClN7O2. The maximum atomic E-state index is 12.1. The van der Waals surface area contributed by atoms with Gasteiger partial charge in [0.05, 0.1) is 23.3 Å². The molecule has 9 nitrogen and oxygen atoms in total. The lowest BCUT2D eigenvalue weighted by atomic mass is 9.72. The maximum Gasteiger partial charge on any atom is 0.245 e. The van der Waals surface area contributed by atoms with Gasteiger partial charge in [-0.05, 0) is 83.4 Å². The van der Waals surface area contributed by atoms with Crippen LogP contribution >= 0.6 is 11.6 Å². The molecule has 44 heavy (non-hydrogen) atoms. The van der Waals surface area contributed by atoms with Crippen molar-refractivity contribution in [3.8, 4) is 16.9 Å². The number of ether oxygens (including phenoxy) is 1. The van der Waals surface area contributed by atoms with Gasteiger partial charge >= 0.3 is 0 Å². The van der Waals surface area contributed by atoms with Gasteiger partial charge in [0.25, 0.3) is 0 Å². The number of H-pyrrole nitrogens is 1. The summed E-state index contributed by atoms with van der Waals surface area (Å²) in [5.74, 6) is 2.83. The molecule has 2 aromatic heterocycles. The standard InChI is InChI=1S/C34H40ClN7O2/c1-5-27(43)42-19-34(20-42)11-15-41(16-12-34)33-23-17-25(35)29(28-21(3)7-8-26-24(28)18-36-39-26)31(44-6-2)30(23)37-32(38-33)22-9-13-40(4)14-10-22/h5,7-8,17-18,22H,1,6,9-16,19-20H2,2-4H3,(H,36,39). The lowest BCUT2D eigenvalue weighted by Gasteiger charge is -2.54. The number of likely N-dealkylation sites (tertiary alicyclic amines) is 2. The first-order valence-electron chi connectivity index (χ1n) is 15.8. The second kappa shape index (κ2) is 11.3. The number of nitrogens with one attached hydrogen (secondary N) is 1. The number of aromatic amines is 1. The molecule has 2 aromatic carbocycles. The number of nitrogens with zero attached hydrogens (tertiary/aromatic N) is 6. The lowest BCUT2D eigenvalue weighted by molar-refractivity contribution is -0.139. The molecule has 7 rings (SSSR count). The Morgan fingerprint density at radius 1 is 1.14 bits per heavy atom. The van der Waals surface area contributed by atoms with E-state index in [1.54, 1.807) is 0 Å². The van der Waals surface area contributed by atoms with Gasteiger partial charge in [0.1, 0.15) is 17.2 Å². The Hall–Kier alpha value is -3.69. The first-order chi connectivity index (χ1) is 21.3. The normalized spacial score (nSPS) is 19.1. The van der Waals surface area contributed by atoms with Gasteiger partial charge in [0.2, 0.25) is 5.91 Å². The van der Waals surface area contributed by atoms with E-state index in [9.17, 15) is 4.79 Å². The summed E-state index contributed by atoms with van der Waals surface area (Å²) in [4.78, 5) is 29.4. The van der Waals surface area contributed by atoms with E-state index < -0.39 is 0 Å². The Kier molecular flexibility index (Phi) is 7.49. The molecule has 230 valence electrons. The molecule has 10 heteroatoms. The second-order valence-corrected chi connectivity index (χ2v) is 13.3. The zero-order chi connectivity index (χ0) is 30.6. The first-order valence-corrected chi connectivity index (χ1v) is 16.1. The van der Waals surface area contributed by atoms with Crippen molar-refractivity contribution in [1.82, 2.24) is 30.0 Å². The van der Waals surface area contributed by atoms with E-state index in [2.05, 4.69) is 46.6 Å². The number of halogens is 1. The molecule has 4 aromatic rings. The Balaban J connectivity index is 1.36. The van der Waals surface area contributed by atoms with Gasteiger partial charge in [-0.25, -0.2) is 9.97 Å². The summed E-state index contributed by atoms with van der Waals surface area (Å²) >= 11 is 7.23. The van der Waals surface area contributed by atoms with Crippen LogP contribution in [0.5, 0.6) is 5.75 Å². The molecule has 3 fully saturated rings. The number of carbonyl (C=O) groups excluding carboxylic acids is 1. The molecule has 0 aliphatic carbocycles. The largest absolute Gasteiger partial charge is 0.491 e. The van der Waals surface area contributed by atoms with Gasteiger partial charge in [-0.3, -0.25) is 9.89 Å². The molecule has 0 saturated carbocycles. The minimum Gasteiger partial charge on any atom is -0.491 e. The molecule has 1 N–H and O–H groups in total. The van der Waals surface area contributed by atoms with Crippen LogP contribution in [0.4, 0.5) is 5.82 Å². The number of hydrogen-bond donors (Lipinski definition) is 1. The number of aromatic nitrogens is 4. The first kappa shape index (κ1) is 29.0. The number of piperidine rings is 2. The topological polar surface area (TPSA) is 90.5 Å². The van der Waals surface area contributed by atoms with Crippen LogP contribution in [0.2, 0.25) is 5.02 Å². The fourth-order valence-corrected chi connectivity index (χ4v) is 7.72. The number of fused-ring (bicyclic) bond motifs is 2. The van der Waals surface area contributed by atoms with Crippen LogP contribution in [-0.2, 0) is 4.79 Å². The number of hydrogen-bond acceptors (Lipinski definition) is 7. The van der Waals surface area contributed by atoms with E-state index >= 15 is 0 Å². The number of anilines is 1. The maximum absolute atomic E-state index is 12.1. The summed E-state index contributed by atoms with van der Waals surface area (Å²) in [5, 5.41) is 9.96. The van der Waals surface area contributed by atoms with Crippen molar-refractivity contribution in [2.75, 3.05) is 57.8 Å². The van der Waals surface area contributed by atoms with Crippen molar-refractivity contribution < 1.29 is 9.53 Å². The van der Waals surface area contributed by atoms with Crippen LogP contribution in [0.3, 0.4) is 0 Å². The van der Waals surface area contributed by atoms with Gasteiger partial charge in [-0.1, -0.05) is 24.2 Å². The molecule has 1 amide bonds. The predicted molar refractivity (Wildman–Crippen MR) is 176 cm³/mol. The molecule has 0 bridgehead atoms. The van der Waals surface area contributed by atoms with Gasteiger partial charge in [0.15, 0.2) is 5.75 Å². The highest BCUT2D eigenvalue weighted by Crippen LogP contribution is 2.48. The third-order valence-corrected chi connectivity index (χ3v) is 10.3. The van der Waals surface area contributed by atoms with Crippen LogP contribution in [0.25, 0.3) is 32.9 Å². The fraction of sp³-hybridized carbons (Fsp3) is 0.471. The van der Waals surface area contributed by atoms with E-state index in [1.165, 1.54) is 6.08 Å². The van der Waals surface area contributed by atoms with Gasteiger partial charge < -0.3 is 19.4 Å². The summed E-state index contributed by atoms with van der Waals surface area (Å²) < 4.78 is 6.49. The molecule has 0 unspecified atom stereocenters. The van der Waals surface area contributed by atoms with Crippen molar-refractivity contribution >= 4 is 45.1 Å². The smallest absolute Gasteiger partial charge is 0.245 e. The van der Waals surface area contributed by atoms with Crippen molar-refractivity contribution in [1.29, 1.82) is 0 Å². The predicted octanol–water partition coefficient (Wildman–Crippen LogP) is 5.96. The van der Waals surface area contributed by atoms with Crippen LogP contribution in [0, 0.1) is 12.3 Å². The van der Waals surface area contributed by atoms with Crippen LogP contribution < -0.4 is 9.64 Å². The van der Waals surface area contributed by atoms with Gasteiger partial charge in [-0.2, -0.15) is 5.10 Å². The molecule has 5 heterocycles. The summed E-state index contributed by atoms with van der Waals surface area (Å²) in [7, 11) is 2.18. The fourth-order valence-electron chi connectivity index (χ4n) is 7.43. The van der Waals surface area contributed by atoms with Crippen LogP contribution in [0.15, 0.2) is 37.1 Å². The highest BCUT2D eigenvalue weighted by Gasteiger charge is 2.46. The lowest BCUT2D eigenvalue weighted by Crippen LogP contribution is -2.61. The number of carbonyl (C=O) groups is 1. The van der Waals surface area contributed by atoms with Crippen molar-refractivity contribution in [2.45, 2.75) is 45.4 Å². The van der Waals surface area contributed by atoms with E-state index in [4.69, 9.17) is 26.3 Å². The Morgan fingerprint density at radius 2 is 1.89 bits per heavy atom. The van der Waals surface area contributed by atoms with Gasteiger partial charge in [-0.15, -0.1) is 0 Å². The highest BCUT2D eigenvalue weighted by molar-refractivity contribution is 6.35. The number of amides is 1. The zero-order valence-electron chi connectivity index (χ0n) is 25.8. The molecule has 3 saturated heterocycles. The van der Waals surface area contributed by atoms with Crippen molar-refractivity contribution in [3.05, 3.63) is 53.5 Å². The van der Waals surface area contributed by atoms with E-state index in [1.807, 2.05) is 30.2 Å². The van der Waals surface area contributed by atoms with Gasteiger partial charge in [0, 0.05) is 59.4 Å². The van der Waals surface area contributed by atoms with E-state index in [0.29, 0.717) is 17.4 Å². The molecule has 3 aliphatic heterocycles. The Bertz CT molecular complexity index is 1740. The molecule has 3 aliphatic rings. The summed E-state index contributed by atoms with van der Waals surface area (Å²) in [6.45, 7) is 13.6. The Labute approximate surface area is 263 Å². The summed E-state index contributed by atoms with van der Waals surface area (Å²) in [6.07, 6.45) is 7.34. The van der Waals surface area contributed by atoms with E-state index in [-0.39, 0.29) is 17.2 Å². The number of benzene rings is 2. The average Bonchev–Trinajstić information content (AvgIpc) is 3.49. The molecular weight excluding hydrogens is 574 g/mol.